The van der Waals surface area contributed by atoms with E-state index in [1.54, 1.807) is 19.4 Å². The van der Waals surface area contributed by atoms with Gasteiger partial charge in [0.15, 0.2) is 0 Å². The number of nitrogens with zero attached hydrogens (tertiary/aromatic N) is 2. The van der Waals surface area contributed by atoms with Crippen LogP contribution in [-0.4, -0.2) is 17.1 Å². The van der Waals surface area contributed by atoms with E-state index in [1.165, 1.54) is 0 Å². The van der Waals surface area contributed by atoms with E-state index in [4.69, 9.17) is 15.2 Å². The number of benzene rings is 1. The summed E-state index contributed by atoms with van der Waals surface area (Å²) in [6.07, 6.45) is 1.71. The van der Waals surface area contributed by atoms with Crippen LogP contribution in [0.15, 0.2) is 24.4 Å². The highest BCUT2D eigenvalue weighted by Gasteiger charge is 2.07. The minimum atomic E-state index is 0.423. The summed E-state index contributed by atoms with van der Waals surface area (Å²) < 4.78 is 11.0. The molecule has 5 heteroatoms. The Morgan fingerprint density at radius 2 is 1.89 bits per heavy atom. The zero-order chi connectivity index (χ0) is 13.8. The van der Waals surface area contributed by atoms with Gasteiger partial charge in [-0.25, -0.2) is 4.98 Å². The normalized spacial score (nSPS) is 10.3. The molecule has 1 aromatic heterocycles. The van der Waals surface area contributed by atoms with E-state index in [2.05, 4.69) is 9.97 Å². The summed E-state index contributed by atoms with van der Waals surface area (Å²) in [6, 6.07) is 5.54. The van der Waals surface area contributed by atoms with Crippen molar-refractivity contribution in [2.24, 2.45) is 5.73 Å². The fraction of sp³-hybridized carbons (Fsp3) is 0.286. The molecule has 100 valence electrons. The maximum Gasteiger partial charge on any atom is 0.241 e. The van der Waals surface area contributed by atoms with Crippen molar-refractivity contribution in [3.8, 4) is 17.4 Å². The molecule has 0 spiro atoms. The summed E-state index contributed by atoms with van der Waals surface area (Å²) in [5.74, 6) is 1.84. The second-order valence-corrected chi connectivity index (χ2v) is 4.22. The van der Waals surface area contributed by atoms with Gasteiger partial charge in [0.05, 0.1) is 18.5 Å². The molecule has 0 saturated heterocycles. The molecule has 0 aliphatic heterocycles. The van der Waals surface area contributed by atoms with Crippen LogP contribution in [0.2, 0.25) is 0 Å². The van der Waals surface area contributed by atoms with Gasteiger partial charge in [-0.15, -0.1) is 0 Å². The SMILES string of the molecule is COc1cc(CN)cc(Oc2nc(C)cnc2C)c1. The van der Waals surface area contributed by atoms with Crippen molar-refractivity contribution >= 4 is 0 Å². The smallest absolute Gasteiger partial charge is 0.241 e. The number of aryl methyl sites for hydroxylation is 2. The third kappa shape index (κ3) is 3.20. The Kier molecular flexibility index (Phi) is 3.97. The predicted octanol–water partition coefficient (Wildman–Crippen LogP) is 2.35. The summed E-state index contributed by atoms with van der Waals surface area (Å²) in [5.41, 5.74) is 8.13. The van der Waals surface area contributed by atoms with Crippen LogP contribution in [0.5, 0.6) is 17.4 Å². The molecule has 0 amide bonds. The minimum absolute atomic E-state index is 0.423. The monoisotopic (exact) mass is 259 g/mol. The van der Waals surface area contributed by atoms with E-state index < -0.39 is 0 Å². The van der Waals surface area contributed by atoms with E-state index >= 15 is 0 Å². The third-order valence-electron chi connectivity index (χ3n) is 2.66. The zero-order valence-corrected chi connectivity index (χ0v) is 11.3. The van der Waals surface area contributed by atoms with Crippen molar-refractivity contribution in [2.45, 2.75) is 20.4 Å². The summed E-state index contributed by atoms with van der Waals surface area (Å²) in [6.45, 7) is 4.15. The Hall–Kier alpha value is -2.14. The van der Waals surface area contributed by atoms with E-state index in [-0.39, 0.29) is 0 Å². The zero-order valence-electron chi connectivity index (χ0n) is 11.3. The quantitative estimate of drug-likeness (QED) is 0.912. The van der Waals surface area contributed by atoms with Crippen LogP contribution >= 0.6 is 0 Å². The molecule has 0 aliphatic carbocycles. The Bertz CT molecular complexity index is 563. The van der Waals surface area contributed by atoms with Gasteiger partial charge in [0.1, 0.15) is 11.5 Å². The summed E-state index contributed by atoms with van der Waals surface area (Å²) >= 11 is 0. The Morgan fingerprint density at radius 3 is 2.58 bits per heavy atom. The molecule has 19 heavy (non-hydrogen) atoms. The predicted molar refractivity (Wildman–Crippen MR) is 72.5 cm³/mol. The van der Waals surface area contributed by atoms with Crippen molar-refractivity contribution in [1.82, 2.24) is 9.97 Å². The first-order chi connectivity index (χ1) is 9.12. The first kappa shape index (κ1) is 13.3. The molecule has 1 aromatic carbocycles. The highest BCUT2D eigenvalue weighted by atomic mass is 16.5. The average molecular weight is 259 g/mol. The van der Waals surface area contributed by atoms with E-state index in [0.717, 1.165) is 17.0 Å². The molecule has 0 saturated carbocycles. The number of hydrogen-bond donors (Lipinski definition) is 1. The van der Waals surface area contributed by atoms with Gasteiger partial charge < -0.3 is 15.2 Å². The van der Waals surface area contributed by atoms with Crippen LogP contribution in [0, 0.1) is 13.8 Å². The van der Waals surface area contributed by atoms with E-state index in [1.807, 2.05) is 26.0 Å². The average Bonchev–Trinajstić information content (AvgIpc) is 2.42. The highest BCUT2D eigenvalue weighted by Crippen LogP contribution is 2.27. The van der Waals surface area contributed by atoms with Crippen molar-refractivity contribution in [3.63, 3.8) is 0 Å². The van der Waals surface area contributed by atoms with Crippen molar-refractivity contribution in [1.29, 1.82) is 0 Å². The maximum atomic E-state index is 5.77. The molecule has 0 aliphatic rings. The molecule has 0 atom stereocenters. The van der Waals surface area contributed by atoms with Crippen molar-refractivity contribution in [3.05, 3.63) is 41.3 Å². The van der Waals surface area contributed by atoms with Crippen molar-refractivity contribution in [2.75, 3.05) is 7.11 Å². The third-order valence-corrected chi connectivity index (χ3v) is 2.66. The second-order valence-electron chi connectivity index (χ2n) is 4.22. The Labute approximate surface area is 112 Å². The van der Waals surface area contributed by atoms with Gasteiger partial charge in [-0.1, -0.05) is 0 Å². The van der Waals surface area contributed by atoms with Gasteiger partial charge >= 0.3 is 0 Å². The molecule has 2 rings (SSSR count). The summed E-state index contributed by atoms with van der Waals surface area (Å²) in [5, 5.41) is 0. The lowest BCUT2D eigenvalue weighted by Crippen LogP contribution is -2.00. The largest absolute Gasteiger partial charge is 0.497 e. The summed E-state index contributed by atoms with van der Waals surface area (Å²) in [4.78, 5) is 8.54. The van der Waals surface area contributed by atoms with Crippen molar-refractivity contribution < 1.29 is 9.47 Å². The van der Waals surface area contributed by atoms with Gasteiger partial charge in [-0.05, 0) is 31.5 Å². The fourth-order valence-corrected chi connectivity index (χ4v) is 1.65. The number of nitrogens with two attached hydrogens (primary N) is 1. The first-order valence-corrected chi connectivity index (χ1v) is 5.98. The van der Waals surface area contributed by atoms with E-state index in [0.29, 0.717) is 23.9 Å². The van der Waals surface area contributed by atoms with Crippen LogP contribution in [-0.2, 0) is 6.54 Å². The molecular weight excluding hydrogens is 242 g/mol. The van der Waals surface area contributed by atoms with Gasteiger partial charge in [0.2, 0.25) is 5.88 Å². The van der Waals surface area contributed by atoms with Gasteiger partial charge in [-0.3, -0.25) is 4.98 Å². The molecule has 5 nitrogen and oxygen atoms in total. The van der Waals surface area contributed by atoms with Crippen LogP contribution in [0.3, 0.4) is 0 Å². The Morgan fingerprint density at radius 1 is 1.16 bits per heavy atom. The fourth-order valence-electron chi connectivity index (χ4n) is 1.65. The second kappa shape index (κ2) is 5.67. The lowest BCUT2D eigenvalue weighted by Gasteiger charge is -2.10. The number of methoxy groups -OCH3 is 1. The molecule has 0 bridgehead atoms. The molecular formula is C14H17N3O2. The summed E-state index contributed by atoms with van der Waals surface area (Å²) in [7, 11) is 1.61. The number of ether oxygens (including phenoxy) is 2. The van der Waals surface area contributed by atoms with Gasteiger partial charge in [0, 0.05) is 18.8 Å². The van der Waals surface area contributed by atoms with Crippen LogP contribution < -0.4 is 15.2 Å². The number of rotatable bonds is 4. The molecule has 0 fully saturated rings. The molecule has 0 unspecified atom stereocenters. The first-order valence-electron chi connectivity index (χ1n) is 5.98. The topological polar surface area (TPSA) is 70.3 Å². The van der Waals surface area contributed by atoms with Crippen LogP contribution in [0.25, 0.3) is 0 Å². The standard InChI is InChI=1S/C14H17N3O2/c1-9-8-16-10(2)14(17-9)19-13-5-11(7-15)4-12(6-13)18-3/h4-6,8H,7,15H2,1-3H3. The highest BCUT2D eigenvalue weighted by molar-refractivity contribution is 5.40. The lowest BCUT2D eigenvalue weighted by molar-refractivity contribution is 0.405. The van der Waals surface area contributed by atoms with E-state index in [9.17, 15) is 0 Å². The minimum Gasteiger partial charge on any atom is -0.497 e. The molecule has 2 N–H and O–H groups in total. The lowest BCUT2D eigenvalue weighted by atomic mass is 10.2. The van der Waals surface area contributed by atoms with Crippen LogP contribution in [0.4, 0.5) is 0 Å². The molecule has 0 radical (unpaired) electrons. The number of aromatic nitrogens is 2. The molecule has 2 aromatic rings. The number of hydrogen-bond acceptors (Lipinski definition) is 5. The van der Waals surface area contributed by atoms with Crippen LogP contribution in [0.1, 0.15) is 17.0 Å². The maximum absolute atomic E-state index is 5.77. The molecule has 1 heterocycles. The van der Waals surface area contributed by atoms with Gasteiger partial charge in [0.25, 0.3) is 0 Å². The van der Waals surface area contributed by atoms with Gasteiger partial charge in [-0.2, -0.15) is 0 Å². The Balaban J connectivity index is 2.34.